The fourth-order valence-corrected chi connectivity index (χ4v) is 3.11. The molecule has 0 radical (unpaired) electrons. The Morgan fingerprint density at radius 3 is 2.45 bits per heavy atom. The van der Waals surface area contributed by atoms with Crippen molar-refractivity contribution in [1.29, 1.82) is 0 Å². The lowest BCUT2D eigenvalue weighted by atomic mass is 10.2. The lowest BCUT2D eigenvalue weighted by Gasteiger charge is -2.20. The first-order chi connectivity index (χ1) is 9.75. The van der Waals surface area contributed by atoms with Crippen molar-refractivity contribution in [3.05, 3.63) is 44.9 Å². The van der Waals surface area contributed by atoms with E-state index in [1.54, 1.807) is 0 Å². The fraction of sp³-hybridized carbons (Fsp3) is 0.375. The van der Waals surface area contributed by atoms with Crippen LogP contribution in [0.4, 0.5) is 5.69 Å². The van der Waals surface area contributed by atoms with Crippen LogP contribution in [0.3, 0.4) is 0 Å². The van der Waals surface area contributed by atoms with E-state index < -0.39 is 0 Å². The molecule has 0 aromatic heterocycles. The Morgan fingerprint density at radius 2 is 1.75 bits per heavy atom. The zero-order valence-electron chi connectivity index (χ0n) is 11.2. The summed E-state index contributed by atoms with van der Waals surface area (Å²) in [7, 11) is 0. The van der Waals surface area contributed by atoms with Gasteiger partial charge in [0.25, 0.3) is 0 Å². The van der Waals surface area contributed by atoms with E-state index in [1.165, 1.54) is 18.4 Å². The minimum atomic E-state index is 0.319. The first-order valence-electron chi connectivity index (χ1n) is 7.03. The lowest BCUT2D eigenvalue weighted by molar-refractivity contribution is 0.208. The Labute approximate surface area is 129 Å². The summed E-state index contributed by atoms with van der Waals surface area (Å²) in [6, 6.07) is 10.3. The first-order valence-corrected chi connectivity index (χ1v) is 7.85. The third-order valence-electron chi connectivity index (χ3n) is 3.77. The van der Waals surface area contributed by atoms with Crippen molar-refractivity contribution < 1.29 is 4.74 Å². The van der Waals surface area contributed by atoms with Crippen LogP contribution in [0.15, 0.2) is 30.3 Å². The average Bonchev–Trinajstić information content (AvgIpc) is 3.00. The van der Waals surface area contributed by atoms with Crippen LogP contribution >= 0.6 is 24.4 Å². The number of hydrogen-bond acceptors (Lipinski definition) is 4. The summed E-state index contributed by atoms with van der Waals surface area (Å²) in [6.07, 6.45) is 5.08. The monoisotopic (exact) mass is 303 g/mol. The predicted molar refractivity (Wildman–Crippen MR) is 87.1 cm³/mol. The normalized spacial score (nSPS) is 15.6. The van der Waals surface area contributed by atoms with Gasteiger partial charge in [0.2, 0.25) is 0 Å². The molecule has 2 nitrogen and oxygen atoms in total. The molecule has 104 valence electrons. The van der Waals surface area contributed by atoms with Gasteiger partial charge in [0.1, 0.15) is 4.51 Å². The van der Waals surface area contributed by atoms with Crippen LogP contribution in [-0.2, 0) is 6.54 Å². The quantitative estimate of drug-likeness (QED) is 0.788. The molecule has 0 unspecified atom stereocenters. The van der Waals surface area contributed by atoms with Crippen molar-refractivity contribution in [3.8, 4) is 5.75 Å². The zero-order chi connectivity index (χ0) is 13.9. The van der Waals surface area contributed by atoms with E-state index in [0.717, 1.165) is 35.3 Å². The summed E-state index contributed by atoms with van der Waals surface area (Å²) >= 11 is 10.6. The third kappa shape index (κ3) is 2.76. The molecule has 4 heteroatoms. The largest absolute Gasteiger partial charge is 0.487 e. The minimum Gasteiger partial charge on any atom is -0.487 e. The number of ether oxygens (including phenoxy) is 1. The molecule has 1 aliphatic rings. The molecule has 1 fully saturated rings. The van der Waals surface area contributed by atoms with Crippen molar-refractivity contribution in [2.75, 3.05) is 5.32 Å². The molecule has 1 saturated carbocycles. The molecule has 0 atom stereocenters. The Bertz CT molecular complexity index is 653. The van der Waals surface area contributed by atoms with E-state index in [-0.39, 0.29) is 0 Å². The first kappa shape index (κ1) is 13.7. The summed E-state index contributed by atoms with van der Waals surface area (Å²) < 4.78 is 7.47. The zero-order valence-corrected chi connectivity index (χ0v) is 12.9. The molecule has 2 aromatic rings. The van der Waals surface area contributed by atoms with Crippen LogP contribution in [0.25, 0.3) is 0 Å². The molecule has 0 heterocycles. The molecule has 2 aromatic carbocycles. The van der Waals surface area contributed by atoms with Gasteiger partial charge in [-0.25, -0.2) is 0 Å². The Balaban J connectivity index is 1.68. The topological polar surface area (TPSA) is 21.3 Å². The van der Waals surface area contributed by atoms with Crippen molar-refractivity contribution in [2.45, 2.75) is 38.3 Å². The maximum Gasteiger partial charge on any atom is 0.163 e. The minimum absolute atomic E-state index is 0.319. The number of hydrogen-bond donors (Lipinski definition) is 1. The van der Waals surface area contributed by atoms with Crippen LogP contribution in [0, 0.1) is 9.02 Å². The molecule has 3 rings (SSSR count). The number of nitrogens with one attached hydrogen (secondary N) is 1. The number of rotatable bonds is 5. The standard InChI is InChI=1S/C16H17NOS2/c19-15-13(17-10-11-6-2-1-3-7-11)14(16(15)20)18-12-8-4-5-9-12/h1-3,6-7,12,17H,4-5,8-10H2. The van der Waals surface area contributed by atoms with E-state index in [9.17, 15) is 0 Å². The van der Waals surface area contributed by atoms with Gasteiger partial charge < -0.3 is 10.1 Å². The molecule has 1 aliphatic carbocycles. The summed E-state index contributed by atoms with van der Waals surface area (Å²) in [5, 5.41) is 3.37. The molecule has 0 aliphatic heterocycles. The van der Waals surface area contributed by atoms with Crippen molar-refractivity contribution in [2.24, 2.45) is 0 Å². The highest BCUT2D eigenvalue weighted by Gasteiger charge is 2.22. The van der Waals surface area contributed by atoms with Gasteiger partial charge in [0.15, 0.2) is 5.75 Å². The maximum absolute atomic E-state index is 6.02. The van der Waals surface area contributed by atoms with Gasteiger partial charge in [0, 0.05) is 6.54 Å². The second-order valence-corrected chi connectivity index (χ2v) is 6.04. The van der Waals surface area contributed by atoms with Crippen LogP contribution in [-0.4, -0.2) is 6.10 Å². The summed E-state index contributed by atoms with van der Waals surface area (Å²) in [4.78, 5) is 0. The Morgan fingerprint density at radius 1 is 1.05 bits per heavy atom. The lowest BCUT2D eigenvalue weighted by Crippen LogP contribution is -2.15. The predicted octanol–water partition coefficient (Wildman–Crippen LogP) is 4.95. The molecule has 0 saturated heterocycles. The molecule has 0 amide bonds. The van der Waals surface area contributed by atoms with E-state index in [4.69, 9.17) is 29.2 Å². The highest BCUT2D eigenvalue weighted by molar-refractivity contribution is 7.74. The number of anilines is 1. The van der Waals surface area contributed by atoms with E-state index in [2.05, 4.69) is 17.4 Å². The van der Waals surface area contributed by atoms with Gasteiger partial charge in [0.05, 0.1) is 16.3 Å². The second-order valence-electron chi connectivity index (χ2n) is 5.23. The van der Waals surface area contributed by atoms with Gasteiger partial charge in [-0.3, -0.25) is 0 Å². The maximum atomic E-state index is 6.02. The summed E-state index contributed by atoms with van der Waals surface area (Å²) in [5.41, 5.74) is 2.14. The van der Waals surface area contributed by atoms with Gasteiger partial charge in [-0.1, -0.05) is 54.8 Å². The van der Waals surface area contributed by atoms with Crippen molar-refractivity contribution >= 4 is 30.1 Å². The molecule has 0 bridgehead atoms. The van der Waals surface area contributed by atoms with Crippen LogP contribution in [0.1, 0.15) is 31.2 Å². The van der Waals surface area contributed by atoms with Crippen LogP contribution in [0.2, 0.25) is 0 Å². The van der Waals surface area contributed by atoms with Gasteiger partial charge in [-0.05, 0) is 31.2 Å². The van der Waals surface area contributed by atoms with E-state index in [1.807, 2.05) is 18.2 Å². The molecule has 1 N–H and O–H groups in total. The van der Waals surface area contributed by atoms with Gasteiger partial charge in [-0.15, -0.1) is 0 Å². The molecular formula is C16H17NOS2. The third-order valence-corrected chi connectivity index (χ3v) is 4.69. The SMILES string of the molecule is S=c1c(NCc2ccccc2)c(OC2CCCC2)c1=S. The second kappa shape index (κ2) is 6.02. The van der Waals surface area contributed by atoms with E-state index in [0.29, 0.717) is 10.6 Å². The van der Waals surface area contributed by atoms with Crippen molar-refractivity contribution in [1.82, 2.24) is 0 Å². The molecular weight excluding hydrogens is 286 g/mol. The highest BCUT2D eigenvalue weighted by atomic mass is 32.1. The average molecular weight is 303 g/mol. The smallest absolute Gasteiger partial charge is 0.163 e. The van der Waals surface area contributed by atoms with Crippen molar-refractivity contribution in [3.63, 3.8) is 0 Å². The highest BCUT2D eigenvalue weighted by Crippen LogP contribution is 2.38. The van der Waals surface area contributed by atoms with Crippen LogP contribution in [0.5, 0.6) is 5.75 Å². The number of benzene rings is 1. The Hall–Kier alpha value is -1.26. The molecule has 20 heavy (non-hydrogen) atoms. The Kier molecular flexibility index (Phi) is 4.13. The molecule has 0 spiro atoms. The van der Waals surface area contributed by atoms with Crippen LogP contribution < -0.4 is 10.1 Å². The van der Waals surface area contributed by atoms with Gasteiger partial charge in [-0.2, -0.15) is 0 Å². The fourth-order valence-electron chi connectivity index (χ4n) is 2.60. The summed E-state index contributed by atoms with van der Waals surface area (Å²) in [5.74, 6) is 0.813. The van der Waals surface area contributed by atoms with E-state index >= 15 is 0 Å². The summed E-state index contributed by atoms with van der Waals surface area (Å²) in [6.45, 7) is 0.746. The van der Waals surface area contributed by atoms with Gasteiger partial charge >= 0.3 is 0 Å².